The average molecular weight is 312 g/mol. The first-order valence-corrected chi connectivity index (χ1v) is 7.69. The molecule has 0 bridgehead atoms. The number of amides is 1. The van der Waals surface area contributed by atoms with E-state index in [-0.39, 0.29) is 17.5 Å². The highest BCUT2D eigenvalue weighted by Gasteiger charge is 2.51. The highest BCUT2D eigenvalue weighted by molar-refractivity contribution is 5.94. The summed E-state index contributed by atoms with van der Waals surface area (Å²) in [5, 5.41) is 19.2. The van der Waals surface area contributed by atoms with Crippen LogP contribution < -0.4 is 5.32 Å². The van der Waals surface area contributed by atoms with Crippen LogP contribution in [0.4, 0.5) is 5.69 Å². The number of benzene rings is 1. The molecule has 23 heavy (non-hydrogen) atoms. The highest BCUT2D eigenvalue weighted by Crippen LogP contribution is 2.54. The van der Waals surface area contributed by atoms with E-state index < -0.39 is 5.97 Å². The van der Waals surface area contributed by atoms with Gasteiger partial charge in [0.05, 0.1) is 11.9 Å². The lowest BCUT2D eigenvalue weighted by atomic mass is 10.2. The minimum Gasteiger partial charge on any atom is -0.476 e. The van der Waals surface area contributed by atoms with Gasteiger partial charge in [-0.05, 0) is 49.3 Å². The van der Waals surface area contributed by atoms with Gasteiger partial charge in [-0.2, -0.15) is 0 Å². The molecule has 0 radical (unpaired) electrons. The summed E-state index contributed by atoms with van der Waals surface area (Å²) < 4.78 is 1.38. The van der Waals surface area contributed by atoms with Crippen molar-refractivity contribution in [2.75, 3.05) is 5.32 Å². The molecule has 2 aromatic rings. The third kappa shape index (κ3) is 2.81. The molecule has 1 amide bonds. The van der Waals surface area contributed by atoms with Crippen LogP contribution in [0.25, 0.3) is 5.69 Å². The Balaban J connectivity index is 1.47. The first-order valence-electron chi connectivity index (χ1n) is 7.69. The smallest absolute Gasteiger partial charge is 0.358 e. The van der Waals surface area contributed by atoms with Crippen molar-refractivity contribution in [1.82, 2.24) is 15.0 Å². The van der Waals surface area contributed by atoms with E-state index in [9.17, 15) is 9.59 Å². The van der Waals surface area contributed by atoms with Crippen LogP contribution in [-0.4, -0.2) is 32.0 Å². The maximum atomic E-state index is 12.2. The molecule has 1 aromatic heterocycles. The number of nitrogens with zero attached hydrogens (tertiary/aromatic N) is 3. The molecule has 1 aromatic carbocycles. The van der Waals surface area contributed by atoms with Crippen LogP contribution >= 0.6 is 0 Å². The minimum absolute atomic E-state index is 0.0730. The Morgan fingerprint density at radius 2 is 2.13 bits per heavy atom. The normalized spacial score (nSPS) is 22.6. The van der Waals surface area contributed by atoms with E-state index >= 15 is 0 Å². The van der Waals surface area contributed by atoms with Gasteiger partial charge in [-0.3, -0.25) is 4.79 Å². The van der Waals surface area contributed by atoms with E-state index in [0.717, 1.165) is 12.3 Å². The zero-order valence-electron chi connectivity index (χ0n) is 12.3. The molecule has 2 aliphatic rings. The van der Waals surface area contributed by atoms with Crippen LogP contribution in [0.2, 0.25) is 0 Å². The second-order valence-corrected chi connectivity index (χ2v) is 6.24. The van der Waals surface area contributed by atoms with Gasteiger partial charge in [0.25, 0.3) is 0 Å². The van der Waals surface area contributed by atoms with Gasteiger partial charge in [-0.25, -0.2) is 9.48 Å². The van der Waals surface area contributed by atoms with Gasteiger partial charge in [0.2, 0.25) is 5.91 Å². The number of carbonyl (C=O) groups is 2. The van der Waals surface area contributed by atoms with Gasteiger partial charge in [0, 0.05) is 11.6 Å². The standard InChI is InChI=1S/C16H16N4O3/c21-15(13-7-12(13)9-4-5-9)17-10-2-1-3-11(6-10)20-8-14(16(22)23)18-19-20/h1-3,6,8-9,12-13H,4-5,7H2,(H,17,21)(H,22,23). The predicted octanol–water partition coefficient (Wildman–Crippen LogP) is 1.95. The first kappa shape index (κ1) is 13.9. The summed E-state index contributed by atoms with van der Waals surface area (Å²) in [4.78, 5) is 23.1. The number of anilines is 1. The topological polar surface area (TPSA) is 97.1 Å². The molecule has 2 N–H and O–H groups in total. The van der Waals surface area contributed by atoms with Crippen molar-refractivity contribution in [3.05, 3.63) is 36.2 Å². The summed E-state index contributed by atoms with van der Waals surface area (Å²) in [5.74, 6) is 0.439. The molecule has 2 fully saturated rings. The molecule has 2 atom stereocenters. The van der Waals surface area contributed by atoms with Crippen LogP contribution in [0.15, 0.2) is 30.5 Å². The molecule has 2 saturated carbocycles. The molecule has 0 saturated heterocycles. The van der Waals surface area contributed by atoms with Crippen molar-refractivity contribution in [3.8, 4) is 5.69 Å². The fourth-order valence-corrected chi connectivity index (χ4v) is 3.01. The maximum absolute atomic E-state index is 12.2. The second kappa shape index (κ2) is 5.19. The maximum Gasteiger partial charge on any atom is 0.358 e. The largest absolute Gasteiger partial charge is 0.476 e. The highest BCUT2D eigenvalue weighted by atomic mass is 16.4. The summed E-state index contributed by atoms with van der Waals surface area (Å²) in [7, 11) is 0. The number of nitrogens with one attached hydrogen (secondary N) is 1. The lowest BCUT2D eigenvalue weighted by molar-refractivity contribution is -0.117. The summed E-state index contributed by atoms with van der Waals surface area (Å²) in [6, 6.07) is 7.14. The van der Waals surface area contributed by atoms with Crippen LogP contribution in [0.3, 0.4) is 0 Å². The Labute approximate surface area is 132 Å². The minimum atomic E-state index is -1.12. The van der Waals surface area contributed by atoms with Crippen molar-refractivity contribution < 1.29 is 14.7 Å². The Morgan fingerprint density at radius 3 is 2.83 bits per heavy atom. The summed E-state index contributed by atoms with van der Waals surface area (Å²) in [6.07, 6.45) is 4.87. The van der Waals surface area contributed by atoms with Crippen LogP contribution in [0, 0.1) is 17.8 Å². The molecule has 0 aliphatic heterocycles. The fourth-order valence-electron chi connectivity index (χ4n) is 3.01. The van der Waals surface area contributed by atoms with E-state index in [4.69, 9.17) is 5.11 Å². The quantitative estimate of drug-likeness (QED) is 0.879. The number of aromatic nitrogens is 3. The zero-order chi connectivity index (χ0) is 16.0. The van der Waals surface area contributed by atoms with Crippen LogP contribution in [0.5, 0.6) is 0 Å². The lowest BCUT2D eigenvalue weighted by Gasteiger charge is -2.07. The Kier molecular flexibility index (Phi) is 3.14. The second-order valence-electron chi connectivity index (χ2n) is 6.24. The van der Waals surface area contributed by atoms with Gasteiger partial charge in [0.1, 0.15) is 0 Å². The fraction of sp³-hybridized carbons (Fsp3) is 0.375. The van der Waals surface area contributed by atoms with E-state index in [1.807, 2.05) is 6.07 Å². The number of carboxylic acid groups (broad SMARTS) is 1. The van der Waals surface area contributed by atoms with E-state index in [0.29, 0.717) is 17.3 Å². The van der Waals surface area contributed by atoms with Gasteiger partial charge in [-0.15, -0.1) is 5.10 Å². The first-order chi connectivity index (χ1) is 11.1. The third-order valence-electron chi connectivity index (χ3n) is 4.49. The Hall–Kier alpha value is -2.70. The van der Waals surface area contributed by atoms with Gasteiger partial charge in [-0.1, -0.05) is 11.3 Å². The lowest BCUT2D eigenvalue weighted by Crippen LogP contribution is -2.15. The van der Waals surface area contributed by atoms with Crippen molar-refractivity contribution in [2.45, 2.75) is 19.3 Å². The monoisotopic (exact) mass is 312 g/mol. The number of hydrogen-bond donors (Lipinski definition) is 2. The number of carbonyl (C=O) groups excluding carboxylic acids is 1. The molecule has 2 unspecified atom stereocenters. The average Bonchev–Trinajstić information content (AvgIpc) is 3.43. The van der Waals surface area contributed by atoms with Crippen LogP contribution in [0.1, 0.15) is 29.8 Å². The number of rotatable bonds is 5. The summed E-state index contributed by atoms with van der Waals surface area (Å²) in [6.45, 7) is 0. The SMILES string of the molecule is O=C(O)c1cn(-c2cccc(NC(=O)C3CC3C3CC3)c2)nn1. The van der Waals surface area contributed by atoms with E-state index in [1.54, 1.807) is 18.2 Å². The zero-order valence-corrected chi connectivity index (χ0v) is 12.3. The van der Waals surface area contributed by atoms with Crippen molar-refractivity contribution >= 4 is 17.6 Å². The predicted molar refractivity (Wildman–Crippen MR) is 81.3 cm³/mol. The third-order valence-corrected chi connectivity index (χ3v) is 4.49. The molecule has 4 rings (SSSR count). The number of carboxylic acids is 1. The van der Waals surface area contributed by atoms with Gasteiger partial charge < -0.3 is 10.4 Å². The van der Waals surface area contributed by atoms with Crippen molar-refractivity contribution in [2.24, 2.45) is 17.8 Å². The number of hydrogen-bond acceptors (Lipinski definition) is 4. The molecule has 7 nitrogen and oxygen atoms in total. The molecular weight excluding hydrogens is 296 g/mol. The van der Waals surface area contributed by atoms with Gasteiger partial charge in [0.15, 0.2) is 5.69 Å². The molecular formula is C16H16N4O3. The van der Waals surface area contributed by atoms with E-state index in [1.165, 1.54) is 23.7 Å². The molecule has 7 heteroatoms. The van der Waals surface area contributed by atoms with Crippen molar-refractivity contribution in [1.29, 1.82) is 0 Å². The van der Waals surface area contributed by atoms with E-state index in [2.05, 4.69) is 15.6 Å². The Bertz CT molecular complexity index is 781. The molecule has 1 heterocycles. The summed E-state index contributed by atoms with van der Waals surface area (Å²) >= 11 is 0. The summed E-state index contributed by atoms with van der Waals surface area (Å²) in [5.41, 5.74) is 1.21. The van der Waals surface area contributed by atoms with Gasteiger partial charge >= 0.3 is 5.97 Å². The number of aromatic carboxylic acids is 1. The Morgan fingerprint density at radius 1 is 1.30 bits per heavy atom. The molecule has 2 aliphatic carbocycles. The molecule has 0 spiro atoms. The van der Waals surface area contributed by atoms with Crippen molar-refractivity contribution in [3.63, 3.8) is 0 Å². The molecule has 118 valence electrons. The van der Waals surface area contributed by atoms with Crippen LogP contribution in [-0.2, 0) is 4.79 Å².